The number of benzene rings is 1. The quantitative estimate of drug-likeness (QED) is 0.386. The van der Waals surface area contributed by atoms with E-state index in [9.17, 15) is 4.57 Å². The first-order chi connectivity index (χ1) is 14.5. The van der Waals surface area contributed by atoms with Gasteiger partial charge in [0.25, 0.3) is 0 Å². The fraction of sp³-hybridized carbons (Fsp3) is 0.368. The SMILES string of the molecule is O=[P+](O)OCCOC[C@@H]1CCCN1c1cc(-n2ccnc2)c2ccc(Cl)c(Cl)c2n1. The Labute approximate surface area is 184 Å². The Morgan fingerprint density at radius 2 is 2.17 bits per heavy atom. The van der Waals surface area contributed by atoms with Crippen LogP contribution in [0.1, 0.15) is 12.8 Å². The molecule has 2 atom stereocenters. The van der Waals surface area contributed by atoms with E-state index < -0.39 is 8.25 Å². The van der Waals surface area contributed by atoms with E-state index in [-0.39, 0.29) is 19.3 Å². The number of pyridine rings is 1. The van der Waals surface area contributed by atoms with Crippen molar-refractivity contribution < 1.29 is 18.7 Å². The lowest BCUT2D eigenvalue weighted by Gasteiger charge is -2.26. The number of hydrogen-bond acceptors (Lipinski definition) is 6. The van der Waals surface area contributed by atoms with E-state index in [1.165, 1.54) is 0 Å². The molecule has 0 aliphatic carbocycles. The van der Waals surface area contributed by atoms with Gasteiger partial charge in [-0.25, -0.2) is 9.97 Å². The molecule has 8 nitrogen and oxygen atoms in total. The molecule has 11 heteroatoms. The highest BCUT2D eigenvalue weighted by atomic mass is 35.5. The minimum Gasteiger partial charge on any atom is -0.377 e. The number of fused-ring (bicyclic) bond motifs is 1. The lowest BCUT2D eigenvalue weighted by Crippen LogP contribution is -2.34. The summed E-state index contributed by atoms with van der Waals surface area (Å²) in [6.45, 7) is 1.63. The minimum atomic E-state index is -2.60. The van der Waals surface area contributed by atoms with Gasteiger partial charge in [0.2, 0.25) is 0 Å². The molecule has 1 unspecified atom stereocenters. The van der Waals surface area contributed by atoms with Crippen molar-refractivity contribution in [2.45, 2.75) is 18.9 Å². The van der Waals surface area contributed by atoms with Crippen LogP contribution in [0, 0.1) is 0 Å². The van der Waals surface area contributed by atoms with Crippen molar-refractivity contribution in [2.75, 3.05) is 31.3 Å². The van der Waals surface area contributed by atoms with Crippen LogP contribution in [0.25, 0.3) is 16.6 Å². The molecule has 0 radical (unpaired) electrons. The Morgan fingerprint density at radius 1 is 1.30 bits per heavy atom. The van der Waals surface area contributed by atoms with E-state index in [2.05, 4.69) is 14.4 Å². The van der Waals surface area contributed by atoms with Crippen LogP contribution in [0.4, 0.5) is 5.82 Å². The first-order valence-corrected chi connectivity index (χ1v) is 11.3. The van der Waals surface area contributed by atoms with Crippen molar-refractivity contribution in [3.05, 3.63) is 47.0 Å². The lowest BCUT2D eigenvalue weighted by atomic mass is 10.1. The molecule has 3 aromatic rings. The zero-order valence-electron chi connectivity index (χ0n) is 15.9. The molecular weight excluding hydrogens is 450 g/mol. The Bertz CT molecular complexity index is 1050. The number of hydrogen-bond donors (Lipinski definition) is 1. The van der Waals surface area contributed by atoms with Crippen LogP contribution in [-0.2, 0) is 13.8 Å². The summed E-state index contributed by atoms with van der Waals surface area (Å²) in [7, 11) is -2.60. The first kappa shape index (κ1) is 21.4. The molecule has 1 fully saturated rings. The minimum absolute atomic E-state index is 0.0749. The van der Waals surface area contributed by atoms with Gasteiger partial charge < -0.3 is 14.2 Å². The summed E-state index contributed by atoms with van der Waals surface area (Å²) in [5, 5.41) is 1.75. The molecule has 1 N–H and O–H groups in total. The van der Waals surface area contributed by atoms with Crippen LogP contribution in [-0.4, -0.2) is 51.8 Å². The van der Waals surface area contributed by atoms with Gasteiger partial charge in [-0.2, -0.15) is 0 Å². The van der Waals surface area contributed by atoms with E-state index in [0.717, 1.165) is 36.3 Å². The molecule has 0 bridgehead atoms. The van der Waals surface area contributed by atoms with Crippen molar-refractivity contribution in [2.24, 2.45) is 0 Å². The number of halogens is 2. The monoisotopic (exact) mass is 469 g/mol. The average Bonchev–Trinajstić information content (AvgIpc) is 3.42. The predicted octanol–water partition coefficient (Wildman–Crippen LogP) is 4.38. The molecule has 158 valence electrons. The van der Waals surface area contributed by atoms with Crippen molar-refractivity contribution in [1.82, 2.24) is 14.5 Å². The smallest absolute Gasteiger partial charge is 0.377 e. The van der Waals surface area contributed by atoms with Crippen molar-refractivity contribution >= 4 is 48.2 Å². The fourth-order valence-corrected chi connectivity index (χ4v) is 4.26. The number of aromatic nitrogens is 3. The molecule has 2 aromatic heterocycles. The van der Waals surface area contributed by atoms with Crippen molar-refractivity contribution in [1.29, 1.82) is 0 Å². The summed E-state index contributed by atoms with van der Waals surface area (Å²) < 4.78 is 22.8. The molecule has 1 aliphatic heterocycles. The molecule has 3 heterocycles. The third kappa shape index (κ3) is 4.59. The van der Waals surface area contributed by atoms with Crippen LogP contribution in [0.3, 0.4) is 0 Å². The number of anilines is 1. The number of nitrogens with zero attached hydrogens (tertiary/aromatic N) is 4. The first-order valence-electron chi connectivity index (χ1n) is 9.45. The van der Waals surface area contributed by atoms with Gasteiger partial charge in [-0.05, 0) is 25.0 Å². The number of rotatable bonds is 8. The van der Waals surface area contributed by atoms with Gasteiger partial charge in [0, 0.05) is 35.0 Å². The van der Waals surface area contributed by atoms with Crippen molar-refractivity contribution in [3.63, 3.8) is 0 Å². The Hall–Kier alpha value is -1.80. The second-order valence-corrected chi connectivity index (χ2v) is 8.38. The summed E-state index contributed by atoms with van der Waals surface area (Å²) >= 11 is 12.7. The molecule has 0 saturated carbocycles. The molecule has 4 rings (SSSR count). The van der Waals surface area contributed by atoms with E-state index in [1.54, 1.807) is 18.6 Å². The largest absolute Gasteiger partial charge is 0.694 e. The highest BCUT2D eigenvalue weighted by molar-refractivity contribution is 7.32. The molecular formula is C19H20Cl2N4O4P+. The van der Waals surface area contributed by atoms with Gasteiger partial charge in [0.1, 0.15) is 12.4 Å². The van der Waals surface area contributed by atoms with Crippen LogP contribution in [0.15, 0.2) is 36.9 Å². The average molecular weight is 470 g/mol. The number of ether oxygens (including phenoxy) is 1. The highest BCUT2D eigenvalue weighted by Gasteiger charge is 2.27. The summed E-state index contributed by atoms with van der Waals surface area (Å²) in [5.41, 5.74) is 1.55. The van der Waals surface area contributed by atoms with Crippen LogP contribution in [0.5, 0.6) is 0 Å². The zero-order chi connectivity index (χ0) is 21.1. The van der Waals surface area contributed by atoms with Crippen LogP contribution < -0.4 is 4.90 Å². The van der Waals surface area contributed by atoms with E-state index in [1.807, 2.05) is 22.9 Å². The van der Waals surface area contributed by atoms with Gasteiger partial charge in [-0.15, -0.1) is 9.42 Å². The van der Waals surface area contributed by atoms with Crippen LogP contribution in [0.2, 0.25) is 10.0 Å². The highest BCUT2D eigenvalue weighted by Crippen LogP contribution is 2.36. The maximum absolute atomic E-state index is 10.6. The Balaban J connectivity index is 1.63. The second kappa shape index (κ2) is 9.56. The normalized spacial score (nSPS) is 17.1. The molecule has 1 aliphatic rings. The van der Waals surface area contributed by atoms with Crippen molar-refractivity contribution in [3.8, 4) is 5.69 Å². The van der Waals surface area contributed by atoms with E-state index in [4.69, 9.17) is 37.8 Å². The molecule has 0 spiro atoms. The third-order valence-electron chi connectivity index (χ3n) is 5.03. The number of imidazole rings is 1. The Kier molecular flexibility index (Phi) is 6.83. The topological polar surface area (TPSA) is 89.7 Å². The maximum Gasteiger partial charge on any atom is 0.694 e. The van der Waals surface area contributed by atoms with Crippen LogP contribution >= 0.6 is 31.5 Å². The Morgan fingerprint density at radius 3 is 2.93 bits per heavy atom. The third-order valence-corrected chi connectivity index (χ3v) is 6.23. The van der Waals surface area contributed by atoms with Gasteiger partial charge in [-0.1, -0.05) is 23.2 Å². The molecule has 0 amide bonds. The van der Waals surface area contributed by atoms with Gasteiger partial charge in [0.15, 0.2) is 0 Å². The van der Waals surface area contributed by atoms with E-state index in [0.29, 0.717) is 22.2 Å². The van der Waals surface area contributed by atoms with Gasteiger partial charge in [0.05, 0.1) is 46.8 Å². The second-order valence-electron chi connectivity index (χ2n) is 6.86. The predicted molar refractivity (Wildman–Crippen MR) is 116 cm³/mol. The summed E-state index contributed by atoms with van der Waals surface area (Å²) in [4.78, 5) is 19.9. The van der Waals surface area contributed by atoms with Gasteiger partial charge in [-0.3, -0.25) is 0 Å². The lowest BCUT2D eigenvalue weighted by molar-refractivity contribution is 0.0894. The molecule has 1 aromatic carbocycles. The summed E-state index contributed by atoms with van der Waals surface area (Å²) in [5.74, 6) is 0.788. The molecule has 30 heavy (non-hydrogen) atoms. The zero-order valence-corrected chi connectivity index (χ0v) is 18.4. The standard InChI is InChI=1S/C19H19Cl2N4O4P/c20-15-4-3-14-16(24-7-5-22-12-24)10-17(23-19(14)18(15)21)25-6-1-2-13(25)11-28-8-9-29-30(26)27/h3-5,7,10,12-13H,1-2,6,8-9,11H2/p+1/t13-/m0/s1. The summed E-state index contributed by atoms with van der Waals surface area (Å²) in [6.07, 6.45) is 7.29. The summed E-state index contributed by atoms with van der Waals surface area (Å²) in [6, 6.07) is 5.83. The van der Waals surface area contributed by atoms with Gasteiger partial charge >= 0.3 is 8.25 Å². The molecule has 1 saturated heterocycles. The maximum atomic E-state index is 10.6. The fourth-order valence-electron chi connectivity index (χ4n) is 3.67. The van der Waals surface area contributed by atoms with E-state index >= 15 is 0 Å².